The van der Waals surface area contributed by atoms with Crippen molar-refractivity contribution in [2.24, 2.45) is 5.73 Å². The normalized spacial score (nSPS) is 23.2. The zero-order valence-electron chi connectivity index (χ0n) is 23.9. The van der Waals surface area contributed by atoms with Gasteiger partial charge in [-0.2, -0.15) is 0 Å². The summed E-state index contributed by atoms with van der Waals surface area (Å²) in [5.74, 6) is -0.980. The largest absolute Gasteiger partial charge is 0.480 e. The molecule has 1 aliphatic rings. The van der Waals surface area contributed by atoms with Crippen molar-refractivity contribution < 1.29 is 34.8 Å². The average Bonchev–Trinajstić information content (AvgIpc) is 2.96. The van der Waals surface area contributed by atoms with Crippen LogP contribution in [0.1, 0.15) is 72.4 Å². The van der Waals surface area contributed by atoms with Gasteiger partial charge < -0.3 is 36.2 Å². The van der Waals surface area contributed by atoms with E-state index in [0.717, 1.165) is 41.5 Å². The Balaban J connectivity index is 1.43. The maximum atomic E-state index is 12.0. The van der Waals surface area contributed by atoms with Crippen molar-refractivity contribution in [1.29, 1.82) is 0 Å². The number of ether oxygens (including phenoxy) is 1. The summed E-state index contributed by atoms with van der Waals surface area (Å²) in [5, 5.41) is 42.7. The first-order valence-electron chi connectivity index (χ1n) is 14.3. The highest BCUT2D eigenvalue weighted by atomic mass is 32.2. The van der Waals surface area contributed by atoms with Gasteiger partial charge in [-0.15, -0.1) is 11.8 Å². The minimum absolute atomic E-state index is 0.0151. The van der Waals surface area contributed by atoms with Crippen LogP contribution in [-0.4, -0.2) is 74.9 Å². The molecule has 0 spiro atoms. The number of carbonyl (C=O) groups is 2. The molecular formula is C31H44N2O7S. The SMILES string of the molecule is CS[C@H]1O[C@@H](c2ccc(C)c(Cc3ccc(CCCCC(=O)NCCCCC(N)C(=O)O)cc3)c2)[C@H](O)[C@@H](O)[C@@H]1O. The van der Waals surface area contributed by atoms with Crippen molar-refractivity contribution in [2.45, 2.75) is 94.2 Å². The topological polar surface area (TPSA) is 162 Å². The van der Waals surface area contributed by atoms with Gasteiger partial charge in [-0.1, -0.05) is 42.5 Å². The molecule has 3 rings (SSSR count). The molecule has 0 bridgehead atoms. The second-order valence-corrected chi connectivity index (χ2v) is 11.7. The zero-order valence-corrected chi connectivity index (χ0v) is 24.7. The first-order chi connectivity index (χ1) is 19.6. The molecule has 6 atom stereocenters. The molecule has 226 valence electrons. The van der Waals surface area contributed by atoms with Gasteiger partial charge in [0.25, 0.3) is 0 Å². The number of benzene rings is 2. The number of carboxylic acids is 1. The van der Waals surface area contributed by atoms with E-state index in [1.165, 1.54) is 17.3 Å². The number of aliphatic hydroxyl groups is 3. The molecule has 41 heavy (non-hydrogen) atoms. The number of aryl methyl sites for hydroxylation is 2. The molecule has 1 unspecified atom stereocenters. The van der Waals surface area contributed by atoms with Crippen LogP contribution in [0.5, 0.6) is 0 Å². The van der Waals surface area contributed by atoms with Gasteiger partial charge in [-0.05, 0) is 85.9 Å². The average molecular weight is 589 g/mol. The van der Waals surface area contributed by atoms with Gasteiger partial charge in [0.2, 0.25) is 5.91 Å². The van der Waals surface area contributed by atoms with Crippen LogP contribution in [0.25, 0.3) is 0 Å². The first-order valence-corrected chi connectivity index (χ1v) is 15.5. The van der Waals surface area contributed by atoms with Gasteiger partial charge in [0.05, 0.1) is 0 Å². The number of carbonyl (C=O) groups excluding carboxylic acids is 1. The number of rotatable bonds is 15. The highest BCUT2D eigenvalue weighted by molar-refractivity contribution is 7.99. The fourth-order valence-electron chi connectivity index (χ4n) is 4.96. The summed E-state index contributed by atoms with van der Waals surface area (Å²) in [6.45, 7) is 2.58. The lowest BCUT2D eigenvalue weighted by atomic mass is 9.91. The van der Waals surface area contributed by atoms with E-state index in [9.17, 15) is 24.9 Å². The van der Waals surface area contributed by atoms with Gasteiger partial charge in [-0.25, -0.2) is 0 Å². The standard InChI is InChI=1S/C31H44N2O7S/c1-19-10-15-22(29-27(36)26(35)28(37)31(40-29)41-2)18-23(19)17-21-13-11-20(12-14-21)7-3-4-9-25(34)33-16-6-5-8-24(32)30(38)39/h10-15,18,24,26-29,31,35-37H,3-9,16-17,32H2,1-2H3,(H,33,34)(H,38,39)/t24?,26-,27-,28+,29+,31-/m1/s1. The lowest BCUT2D eigenvalue weighted by molar-refractivity contribution is -0.200. The summed E-state index contributed by atoms with van der Waals surface area (Å²) in [4.78, 5) is 22.7. The molecule has 2 aromatic rings. The number of nitrogens with one attached hydrogen (secondary N) is 1. The predicted octanol–water partition coefficient (Wildman–Crippen LogP) is 2.84. The van der Waals surface area contributed by atoms with E-state index in [0.29, 0.717) is 38.6 Å². The minimum Gasteiger partial charge on any atom is -0.480 e. The molecule has 2 aromatic carbocycles. The molecule has 1 saturated heterocycles. The van der Waals surface area contributed by atoms with E-state index in [2.05, 4.69) is 29.6 Å². The first kappa shape index (κ1) is 33.0. The van der Waals surface area contributed by atoms with Crippen LogP contribution in [0.2, 0.25) is 0 Å². The molecule has 10 heteroatoms. The van der Waals surface area contributed by atoms with Crippen LogP contribution in [0.15, 0.2) is 42.5 Å². The maximum Gasteiger partial charge on any atom is 0.320 e. The molecule has 1 heterocycles. The quantitative estimate of drug-likeness (QED) is 0.172. The highest BCUT2D eigenvalue weighted by Gasteiger charge is 2.44. The van der Waals surface area contributed by atoms with Gasteiger partial charge in [0, 0.05) is 13.0 Å². The second kappa shape index (κ2) is 16.2. The molecule has 1 fully saturated rings. The van der Waals surface area contributed by atoms with E-state index >= 15 is 0 Å². The lowest BCUT2D eigenvalue weighted by Gasteiger charge is -2.40. The second-order valence-electron chi connectivity index (χ2n) is 10.8. The summed E-state index contributed by atoms with van der Waals surface area (Å²) >= 11 is 1.30. The van der Waals surface area contributed by atoms with Crippen molar-refractivity contribution in [3.8, 4) is 0 Å². The molecule has 9 nitrogen and oxygen atoms in total. The molecular weight excluding hydrogens is 544 g/mol. The van der Waals surface area contributed by atoms with Crippen molar-refractivity contribution in [3.05, 3.63) is 70.3 Å². The van der Waals surface area contributed by atoms with Crippen molar-refractivity contribution in [3.63, 3.8) is 0 Å². The summed E-state index contributed by atoms with van der Waals surface area (Å²) in [6, 6.07) is 13.5. The van der Waals surface area contributed by atoms with Gasteiger partial charge in [0.1, 0.15) is 35.9 Å². The third-order valence-electron chi connectivity index (χ3n) is 7.62. The Morgan fingerprint density at radius 1 is 0.976 bits per heavy atom. The van der Waals surface area contributed by atoms with E-state index < -0.39 is 41.9 Å². The van der Waals surface area contributed by atoms with Crippen LogP contribution in [-0.2, 0) is 27.2 Å². The number of amides is 1. The summed E-state index contributed by atoms with van der Waals surface area (Å²) in [6.07, 6.45) is 2.98. The number of hydrogen-bond acceptors (Lipinski definition) is 8. The number of thioether (sulfide) groups is 1. The smallest absolute Gasteiger partial charge is 0.320 e. The van der Waals surface area contributed by atoms with Crippen LogP contribution in [0, 0.1) is 6.92 Å². The van der Waals surface area contributed by atoms with Gasteiger partial charge in [-0.3, -0.25) is 9.59 Å². The Kier molecular flexibility index (Phi) is 13.1. The van der Waals surface area contributed by atoms with Crippen LogP contribution >= 0.6 is 11.8 Å². The van der Waals surface area contributed by atoms with E-state index in [1.807, 2.05) is 25.1 Å². The molecule has 0 aliphatic carbocycles. The number of hydrogen-bond donors (Lipinski definition) is 6. The summed E-state index contributed by atoms with van der Waals surface area (Å²) in [5.41, 5.74) is 10.2. The molecule has 7 N–H and O–H groups in total. The maximum absolute atomic E-state index is 12.0. The lowest BCUT2D eigenvalue weighted by Crippen LogP contribution is -2.52. The van der Waals surface area contributed by atoms with Crippen molar-refractivity contribution in [1.82, 2.24) is 5.32 Å². The van der Waals surface area contributed by atoms with Crippen LogP contribution in [0.4, 0.5) is 0 Å². The minimum atomic E-state index is -1.28. The Hall–Kier alpha value is -2.47. The molecule has 1 amide bonds. The number of aliphatic hydroxyl groups excluding tert-OH is 3. The van der Waals surface area contributed by atoms with E-state index in [4.69, 9.17) is 15.6 Å². The molecule has 1 aliphatic heterocycles. The number of aliphatic carboxylic acids is 1. The van der Waals surface area contributed by atoms with Gasteiger partial charge >= 0.3 is 5.97 Å². The monoisotopic (exact) mass is 588 g/mol. The number of unbranched alkanes of at least 4 members (excludes halogenated alkanes) is 2. The number of carboxylic acid groups (broad SMARTS) is 1. The summed E-state index contributed by atoms with van der Waals surface area (Å²) < 4.78 is 5.94. The van der Waals surface area contributed by atoms with E-state index in [1.54, 1.807) is 6.26 Å². The zero-order chi connectivity index (χ0) is 29.9. The van der Waals surface area contributed by atoms with E-state index in [-0.39, 0.29) is 5.91 Å². The van der Waals surface area contributed by atoms with Crippen LogP contribution < -0.4 is 11.1 Å². The van der Waals surface area contributed by atoms with Gasteiger partial charge in [0.15, 0.2) is 0 Å². The summed E-state index contributed by atoms with van der Waals surface area (Å²) in [7, 11) is 0. The molecule has 0 radical (unpaired) electrons. The third kappa shape index (κ3) is 9.80. The fraction of sp³-hybridized carbons (Fsp3) is 0.548. The molecule has 0 saturated carbocycles. The van der Waals surface area contributed by atoms with Crippen molar-refractivity contribution >= 4 is 23.6 Å². The Labute approximate surface area is 246 Å². The predicted molar refractivity (Wildman–Crippen MR) is 160 cm³/mol. The fourth-order valence-corrected chi connectivity index (χ4v) is 5.64. The van der Waals surface area contributed by atoms with Crippen molar-refractivity contribution in [2.75, 3.05) is 12.8 Å². The number of nitrogens with two attached hydrogens (primary N) is 1. The Bertz CT molecular complexity index is 1130. The molecule has 0 aromatic heterocycles. The van der Waals surface area contributed by atoms with Crippen LogP contribution in [0.3, 0.4) is 0 Å². The Morgan fingerprint density at radius 3 is 2.37 bits per heavy atom. The Morgan fingerprint density at radius 2 is 1.68 bits per heavy atom. The highest BCUT2D eigenvalue weighted by Crippen LogP contribution is 2.36. The third-order valence-corrected chi connectivity index (χ3v) is 8.48.